The molecular weight excluding hydrogens is 381 g/mol. The van der Waals surface area contributed by atoms with Crippen molar-refractivity contribution in [3.8, 4) is 16.9 Å². The van der Waals surface area contributed by atoms with Crippen molar-refractivity contribution in [2.24, 2.45) is 0 Å². The second-order valence-electron chi connectivity index (χ2n) is 4.45. The van der Waals surface area contributed by atoms with Gasteiger partial charge in [0.05, 0.1) is 16.9 Å². The first kappa shape index (κ1) is 13.7. The third-order valence-corrected chi connectivity index (χ3v) is 3.80. The van der Waals surface area contributed by atoms with Crippen molar-refractivity contribution in [2.45, 2.75) is 0 Å². The zero-order chi connectivity index (χ0) is 14.8. The highest BCUT2D eigenvalue weighted by atomic mass is 127. The fourth-order valence-electron chi connectivity index (χ4n) is 1.98. The molecule has 0 saturated heterocycles. The molecule has 0 atom stereocenters. The molecule has 0 radical (unpaired) electrons. The van der Waals surface area contributed by atoms with Crippen LogP contribution < -0.4 is 0 Å². The molecule has 0 unspecified atom stereocenters. The first-order valence-corrected chi connectivity index (χ1v) is 7.26. The molecule has 0 spiro atoms. The van der Waals surface area contributed by atoms with Crippen LogP contribution in [-0.4, -0.2) is 14.5 Å². The molecule has 0 aliphatic heterocycles. The number of rotatable bonds is 3. The van der Waals surface area contributed by atoms with Gasteiger partial charge in [0.1, 0.15) is 0 Å². The largest absolute Gasteiger partial charge is 0.306 e. The van der Waals surface area contributed by atoms with E-state index in [1.807, 2.05) is 35.0 Å². The summed E-state index contributed by atoms with van der Waals surface area (Å²) < 4.78 is 3.10. The summed E-state index contributed by atoms with van der Waals surface area (Å²) in [5.74, 6) is 0. The van der Waals surface area contributed by atoms with Gasteiger partial charge in [0, 0.05) is 33.2 Å². The van der Waals surface area contributed by atoms with E-state index in [4.69, 9.17) is 0 Å². The van der Waals surface area contributed by atoms with Crippen LogP contribution in [0.25, 0.3) is 16.9 Å². The van der Waals surface area contributed by atoms with E-state index < -0.39 is 4.92 Å². The van der Waals surface area contributed by atoms with E-state index in [2.05, 4.69) is 27.6 Å². The lowest BCUT2D eigenvalue weighted by atomic mass is 10.1. The average Bonchev–Trinajstić information content (AvgIpc) is 2.98. The summed E-state index contributed by atoms with van der Waals surface area (Å²) in [5.41, 5.74) is 2.74. The third-order valence-electron chi connectivity index (χ3n) is 3.08. The number of non-ortho nitro benzene ring substituents is 1. The summed E-state index contributed by atoms with van der Waals surface area (Å²) in [6, 6.07) is 14.5. The Morgan fingerprint density at radius 2 is 1.71 bits per heavy atom. The Kier molecular flexibility index (Phi) is 3.70. The van der Waals surface area contributed by atoms with Crippen molar-refractivity contribution >= 4 is 28.3 Å². The first-order chi connectivity index (χ1) is 10.1. The van der Waals surface area contributed by atoms with Gasteiger partial charge in [-0.1, -0.05) is 0 Å². The minimum Gasteiger partial charge on any atom is -0.306 e. The van der Waals surface area contributed by atoms with Gasteiger partial charge in [-0.25, -0.2) is 4.98 Å². The van der Waals surface area contributed by atoms with Gasteiger partial charge in [0.15, 0.2) is 0 Å². The maximum absolute atomic E-state index is 10.7. The van der Waals surface area contributed by atoms with E-state index in [1.54, 1.807) is 18.5 Å². The molecule has 21 heavy (non-hydrogen) atoms. The Labute approximate surface area is 134 Å². The Hall–Kier alpha value is -2.22. The highest BCUT2D eigenvalue weighted by Crippen LogP contribution is 2.22. The van der Waals surface area contributed by atoms with E-state index in [0.717, 1.165) is 16.9 Å². The highest BCUT2D eigenvalue weighted by molar-refractivity contribution is 14.1. The lowest BCUT2D eigenvalue weighted by molar-refractivity contribution is -0.384. The van der Waals surface area contributed by atoms with Crippen LogP contribution in [0.3, 0.4) is 0 Å². The van der Waals surface area contributed by atoms with Gasteiger partial charge in [-0.2, -0.15) is 0 Å². The molecule has 0 bridgehead atoms. The monoisotopic (exact) mass is 391 g/mol. The van der Waals surface area contributed by atoms with E-state index >= 15 is 0 Å². The van der Waals surface area contributed by atoms with Gasteiger partial charge in [0.25, 0.3) is 5.69 Å². The van der Waals surface area contributed by atoms with Crippen LogP contribution in [0.4, 0.5) is 5.69 Å². The van der Waals surface area contributed by atoms with Gasteiger partial charge < -0.3 is 4.57 Å². The molecular formula is C15H10IN3O2. The summed E-state index contributed by atoms with van der Waals surface area (Å²) in [6.07, 6.45) is 3.64. The molecule has 1 aromatic heterocycles. The number of hydrogen-bond acceptors (Lipinski definition) is 3. The topological polar surface area (TPSA) is 61.0 Å². The molecule has 0 fully saturated rings. The fourth-order valence-corrected chi connectivity index (χ4v) is 2.34. The number of aromatic nitrogens is 2. The van der Waals surface area contributed by atoms with Crippen LogP contribution in [0.5, 0.6) is 0 Å². The molecule has 1 heterocycles. The first-order valence-electron chi connectivity index (χ1n) is 6.18. The highest BCUT2D eigenvalue weighted by Gasteiger charge is 2.07. The van der Waals surface area contributed by atoms with Crippen molar-refractivity contribution < 1.29 is 4.92 Å². The predicted octanol–water partition coefficient (Wildman–Crippen LogP) is 4.05. The summed E-state index contributed by atoms with van der Waals surface area (Å²) in [6.45, 7) is 0. The number of nitrogens with zero attached hydrogens (tertiary/aromatic N) is 3. The van der Waals surface area contributed by atoms with E-state index in [0.29, 0.717) is 0 Å². The van der Waals surface area contributed by atoms with Crippen LogP contribution >= 0.6 is 22.6 Å². The van der Waals surface area contributed by atoms with Gasteiger partial charge in [-0.3, -0.25) is 10.1 Å². The molecule has 0 N–H and O–H groups in total. The fraction of sp³-hybridized carbons (Fsp3) is 0. The average molecular weight is 391 g/mol. The number of nitro groups is 1. The van der Waals surface area contributed by atoms with Gasteiger partial charge in [-0.05, 0) is 59.0 Å². The van der Waals surface area contributed by atoms with E-state index in [-0.39, 0.29) is 5.69 Å². The standard InChI is InChI=1S/C15H10IN3O2/c16-12-3-7-13(8-4-12)18-9-15(17-10-18)11-1-5-14(6-2-11)19(20)21/h1-10H. The number of hydrogen-bond donors (Lipinski definition) is 0. The van der Waals surface area contributed by atoms with E-state index in [9.17, 15) is 10.1 Å². The van der Waals surface area contributed by atoms with Gasteiger partial charge >= 0.3 is 0 Å². The SMILES string of the molecule is O=[N+]([O-])c1ccc(-c2cn(-c3ccc(I)cc3)cn2)cc1. The normalized spacial score (nSPS) is 10.5. The van der Waals surface area contributed by atoms with Crippen molar-refractivity contribution in [2.75, 3.05) is 0 Å². The Bertz CT molecular complexity index is 779. The molecule has 3 rings (SSSR count). The molecule has 5 nitrogen and oxygen atoms in total. The lowest BCUT2D eigenvalue weighted by Gasteiger charge is -2.01. The summed E-state index contributed by atoms with van der Waals surface area (Å²) in [5, 5.41) is 10.7. The molecule has 6 heteroatoms. The zero-order valence-corrected chi connectivity index (χ0v) is 13.0. The summed E-state index contributed by atoms with van der Waals surface area (Å²) in [7, 11) is 0. The van der Waals surface area contributed by atoms with Gasteiger partial charge in [0.2, 0.25) is 0 Å². The predicted molar refractivity (Wildman–Crippen MR) is 88.4 cm³/mol. The lowest BCUT2D eigenvalue weighted by Crippen LogP contribution is -1.89. The maximum Gasteiger partial charge on any atom is 0.269 e. The van der Waals surface area contributed by atoms with Crippen molar-refractivity contribution in [1.82, 2.24) is 9.55 Å². The Morgan fingerprint density at radius 3 is 2.33 bits per heavy atom. The molecule has 0 amide bonds. The molecule has 0 aliphatic carbocycles. The second-order valence-corrected chi connectivity index (χ2v) is 5.69. The van der Waals surface area contributed by atoms with Crippen LogP contribution in [0.2, 0.25) is 0 Å². The molecule has 104 valence electrons. The second kappa shape index (κ2) is 5.65. The number of benzene rings is 2. The molecule has 0 saturated carbocycles. The van der Waals surface area contributed by atoms with Crippen LogP contribution in [0, 0.1) is 13.7 Å². The van der Waals surface area contributed by atoms with E-state index in [1.165, 1.54) is 15.7 Å². The molecule has 3 aromatic rings. The summed E-state index contributed by atoms with van der Waals surface area (Å²) in [4.78, 5) is 14.6. The minimum absolute atomic E-state index is 0.0795. The quantitative estimate of drug-likeness (QED) is 0.385. The van der Waals surface area contributed by atoms with Crippen LogP contribution in [0.15, 0.2) is 61.1 Å². The molecule has 2 aromatic carbocycles. The van der Waals surface area contributed by atoms with Gasteiger partial charge in [-0.15, -0.1) is 0 Å². The third kappa shape index (κ3) is 2.94. The summed E-state index contributed by atoms with van der Waals surface area (Å²) >= 11 is 2.26. The van der Waals surface area contributed by atoms with Crippen molar-refractivity contribution in [3.05, 3.63) is 74.7 Å². The Morgan fingerprint density at radius 1 is 1.05 bits per heavy atom. The minimum atomic E-state index is -0.409. The number of nitro benzene ring substituents is 1. The zero-order valence-electron chi connectivity index (χ0n) is 10.8. The van der Waals surface area contributed by atoms with Crippen LogP contribution in [0.1, 0.15) is 0 Å². The smallest absolute Gasteiger partial charge is 0.269 e. The molecule has 0 aliphatic rings. The van der Waals surface area contributed by atoms with Crippen molar-refractivity contribution in [3.63, 3.8) is 0 Å². The number of imidazole rings is 1. The van der Waals surface area contributed by atoms with Crippen LogP contribution in [-0.2, 0) is 0 Å². The van der Waals surface area contributed by atoms with Crippen molar-refractivity contribution in [1.29, 1.82) is 0 Å². The Balaban J connectivity index is 1.90. The number of halogens is 1. The maximum atomic E-state index is 10.7.